The zero-order valence-corrected chi connectivity index (χ0v) is 11.2. The maximum Gasteiger partial charge on any atom is 0.181 e. The van der Waals surface area contributed by atoms with Gasteiger partial charge < -0.3 is 4.74 Å². The Morgan fingerprint density at radius 3 is 2.25 bits per heavy atom. The van der Waals surface area contributed by atoms with Crippen LogP contribution in [0.25, 0.3) is 11.4 Å². The number of nitrogens with zero attached hydrogens (tertiary/aromatic N) is 2. The molecule has 0 bridgehead atoms. The van der Waals surface area contributed by atoms with Crippen LogP contribution >= 0.6 is 0 Å². The fourth-order valence-electron chi connectivity index (χ4n) is 2.14. The maximum absolute atomic E-state index is 5.54. The normalized spacial score (nSPS) is 12.2. The van der Waals surface area contributed by atoms with Gasteiger partial charge in [-0.05, 0) is 5.56 Å². The lowest BCUT2D eigenvalue weighted by molar-refractivity contribution is 0.129. The van der Waals surface area contributed by atoms with E-state index in [-0.39, 0.29) is 6.10 Å². The molecule has 2 aromatic carbocycles. The molecule has 0 saturated heterocycles. The Kier molecular flexibility index (Phi) is 3.56. The van der Waals surface area contributed by atoms with Gasteiger partial charge in [0, 0.05) is 12.7 Å². The van der Waals surface area contributed by atoms with E-state index >= 15 is 0 Å². The number of aromatic amines is 1. The van der Waals surface area contributed by atoms with Crippen molar-refractivity contribution in [2.24, 2.45) is 0 Å². The van der Waals surface area contributed by atoms with Gasteiger partial charge in [-0.3, -0.25) is 5.10 Å². The molecule has 0 spiro atoms. The van der Waals surface area contributed by atoms with Crippen LogP contribution in [0.1, 0.15) is 17.5 Å². The second-order valence-electron chi connectivity index (χ2n) is 4.44. The van der Waals surface area contributed by atoms with Crippen molar-refractivity contribution in [3.05, 3.63) is 72.1 Å². The van der Waals surface area contributed by atoms with E-state index in [4.69, 9.17) is 4.74 Å². The maximum atomic E-state index is 5.54. The molecule has 20 heavy (non-hydrogen) atoms. The number of aromatic nitrogens is 3. The van der Waals surface area contributed by atoms with Crippen LogP contribution < -0.4 is 0 Å². The van der Waals surface area contributed by atoms with Crippen LogP contribution in [0.5, 0.6) is 0 Å². The summed E-state index contributed by atoms with van der Waals surface area (Å²) in [6, 6.07) is 19.8. The fraction of sp³-hybridized carbons (Fsp3) is 0.125. The molecule has 4 heteroatoms. The van der Waals surface area contributed by atoms with Crippen LogP contribution in [0.4, 0.5) is 0 Å². The smallest absolute Gasteiger partial charge is 0.181 e. The van der Waals surface area contributed by atoms with Crippen molar-refractivity contribution in [1.29, 1.82) is 0 Å². The van der Waals surface area contributed by atoms with E-state index in [1.54, 1.807) is 7.11 Å². The third-order valence-electron chi connectivity index (χ3n) is 3.12. The lowest BCUT2D eigenvalue weighted by atomic mass is 10.1. The molecular formula is C16H15N3O. The van der Waals surface area contributed by atoms with Gasteiger partial charge in [0.25, 0.3) is 0 Å². The predicted molar refractivity (Wildman–Crippen MR) is 77.1 cm³/mol. The average molecular weight is 265 g/mol. The predicted octanol–water partition coefficient (Wildman–Crippen LogP) is 3.21. The summed E-state index contributed by atoms with van der Waals surface area (Å²) in [5.74, 6) is 1.39. The molecule has 1 unspecified atom stereocenters. The summed E-state index contributed by atoms with van der Waals surface area (Å²) in [5.41, 5.74) is 2.03. The molecule has 0 aliphatic rings. The highest BCUT2D eigenvalue weighted by Gasteiger charge is 2.17. The van der Waals surface area contributed by atoms with E-state index in [1.807, 2.05) is 60.7 Å². The number of ether oxygens (including phenoxy) is 1. The van der Waals surface area contributed by atoms with E-state index in [0.29, 0.717) is 11.6 Å². The Balaban J connectivity index is 1.93. The molecule has 3 aromatic rings. The molecule has 4 nitrogen and oxygen atoms in total. The molecule has 0 radical (unpaired) electrons. The molecule has 0 fully saturated rings. The first-order chi connectivity index (χ1) is 9.88. The van der Waals surface area contributed by atoms with Crippen molar-refractivity contribution in [2.75, 3.05) is 7.11 Å². The minimum Gasteiger partial charge on any atom is -0.369 e. The minimum absolute atomic E-state index is 0.235. The Hall–Kier alpha value is -2.46. The van der Waals surface area contributed by atoms with Crippen molar-refractivity contribution < 1.29 is 4.74 Å². The van der Waals surface area contributed by atoms with Crippen molar-refractivity contribution in [3.8, 4) is 11.4 Å². The zero-order valence-electron chi connectivity index (χ0n) is 11.2. The Morgan fingerprint density at radius 1 is 0.950 bits per heavy atom. The summed E-state index contributed by atoms with van der Waals surface area (Å²) < 4.78 is 5.54. The largest absolute Gasteiger partial charge is 0.369 e. The molecular weight excluding hydrogens is 250 g/mol. The first-order valence-corrected chi connectivity index (χ1v) is 6.44. The highest BCUT2D eigenvalue weighted by atomic mass is 16.5. The highest BCUT2D eigenvalue weighted by molar-refractivity contribution is 5.54. The first-order valence-electron chi connectivity index (χ1n) is 6.44. The summed E-state index contributed by atoms with van der Waals surface area (Å²) in [6.07, 6.45) is -0.235. The van der Waals surface area contributed by atoms with Gasteiger partial charge in [-0.1, -0.05) is 60.7 Å². The number of H-pyrrole nitrogens is 1. The molecule has 0 saturated carbocycles. The van der Waals surface area contributed by atoms with Gasteiger partial charge in [0.15, 0.2) is 11.6 Å². The Morgan fingerprint density at radius 2 is 1.60 bits per heavy atom. The molecule has 1 N–H and O–H groups in total. The molecule has 100 valence electrons. The average Bonchev–Trinajstić information content (AvgIpc) is 3.00. The molecule has 1 aromatic heterocycles. The van der Waals surface area contributed by atoms with Gasteiger partial charge in [0.05, 0.1) is 0 Å². The topological polar surface area (TPSA) is 50.8 Å². The first kappa shape index (κ1) is 12.6. The van der Waals surface area contributed by atoms with Crippen LogP contribution in [0.15, 0.2) is 60.7 Å². The van der Waals surface area contributed by atoms with Gasteiger partial charge in [-0.15, -0.1) is 0 Å². The minimum atomic E-state index is -0.235. The van der Waals surface area contributed by atoms with E-state index in [0.717, 1.165) is 11.1 Å². The number of hydrogen-bond donors (Lipinski definition) is 1. The van der Waals surface area contributed by atoms with Crippen molar-refractivity contribution >= 4 is 0 Å². The Labute approximate surface area is 117 Å². The van der Waals surface area contributed by atoms with Crippen LogP contribution in [0.2, 0.25) is 0 Å². The fourth-order valence-corrected chi connectivity index (χ4v) is 2.14. The number of nitrogens with one attached hydrogen (secondary N) is 1. The number of hydrogen-bond acceptors (Lipinski definition) is 3. The van der Waals surface area contributed by atoms with E-state index in [2.05, 4.69) is 15.2 Å². The highest BCUT2D eigenvalue weighted by Crippen LogP contribution is 2.24. The quantitative estimate of drug-likeness (QED) is 0.788. The summed E-state index contributed by atoms with van der Waals surface area (Å²) in [6.45, 7) is 0. The van der Waals surface area contributed by atoms with Crippen molar-refractivity contribution in [2.45, 2.75) is 6.10 Å². The lowest BCUT2D eigenvalue weighted by Crippen LogP contribution is -2.05. The van der Waals surface area contributed by atoms with Crippen molar-refractivity contribution in [3.63, 3.8) is 0 Å². The molecule has 0 aliphatic carbocycles. The summed E-state index contributed by atoms with van der Waals surface area (Å²) in [4.78, 5) is 4.54. The summed E-state index contributed by atoms with van der Waals surface area (Å²) in [5, 5.41) is 7.23. The molecule has 0 aliphatic heterocycles. The number of benzene rings is 2. The van der Waals surface area contributed by atoms with E-state index in [1.165, 1.54) is 0 Å². The number of rotatable bonds is 4. The van der Waals surface area contributed by atoms with Crippen molar-refractivity contribution in [1.82, 2.24) is 15.2 Å². The molecule has 0 amide bonds. The molecule has 1 heterocycles. The molecule has 3 rings (SSSR count). The zero-order chi connectivity index (χ0) is 13.8. The van der Waals surface area contributed by atoms with Gasteiger partial charge in [0.1, 0.15) is 6.10 Å². The third kappa shape index (κ3) is 2.46. The van der Waals surface area contributed by atoms with Crippen LogP contribution in [0.3, 0.4) is 0 Å². The van der Waals surface area contributed by atoms with Gasteiger partial charge in [0.2, 0.25) is 0 Å². The summed E-state index contributed by atoms with van der Waals surface area (Å²) in [7, 11) is 1.67. The van der Waals surface area contributed by atoms with Gasteiger partial charge in [-0.2, -0.15) is 5.10 Å². The Bertz CT molecular complexity index is 664. The van der Waals surface area contributed by atoms with Gasteiger partial charge >= 0.3 is 0 Å². The SMILES string of the molecule is COC(c1ccccc1)c1nc(-c2ccccc2)n[nH]1. The second-order valence-corrected chi connectivity index (χ2v) is 4.44. The van der Waals surface area contributed by atoms with E-state index in [9.17, 15) is 0 Å². The van der Waals surface area contributed by atoms with Crippen LogP contribution in [-0.2, 0) is 4.74 Å². The van der Waals surface area contributed by atoms with Crippen LogP contribution in [0, 0.1) is 0 Å². The third-order valence-corrected chi connectivity index (χ3v) is 3.12. The standard InChI is InChI=1S/C16H15N3O/c1-20-14(12-8-4-2-5-9-12)16-17-15(18-19-16)13-10-6-3-7-11-13/h2-11,14H,1H3,(H,17,18,19). The summed E-state index contributed by atoms with van der Waals surface area (Å²) >= 11 is 0. The van der Waals surface area contributed by atoms with Crippen LogP contribution in [-0.4, -0.2) is 22.3 Å². The second kappa shape index (κ2) is 5.67. The number of methoxy groups -OCH3 is 1. The van der Waals surface area contributed by atoms with E-state index < -0.39 is 0 Å². The van der Waals surface area contributed by atoms with Gasteiger partial charge in [-0.25, -0.2) is 4.98 Å². The lowest BCUT2D eigenvalue weighted by Gasteiger charge is -2.12. The molecule has 1 atom stereocenters. The monoisotopic (exact) mass is 265 g/mol.